The van der Waals surface area contributed by atoms with E-state index in [4.69, 9.17) is 9.84 Å². The first-order valence-corrected chi connectivity index (χ1v) is 3.54. The molecular formula is C7H16O3. The Morgan fingerprint density at radius 1 is 1.50 bits per heavy atom. The maximum atomic E-state index is 9.21. The van der Waals surface area contributed by atoms with E-state index >= 15 is 0 Å². The Bertz CT molecular complexity index is 75.3. The van der Waals surface area contributed by atoms with Gasteiger partial charge in [0.15, 0.2) is 0 Å². The average molecular weight is 148 g/mol. The van der Waals surface area contributed by atoms with Crippen LogP contribution in [0.4, 0.5) is 0 Å². The zero-order chi connectivity index (χ0) is 7.98. The van der Waals surface area contributed by atoms with Crippen molar-refractivity contribution in [1.29, 1.82) is 0 Å². The molecule has 3 nitrogen and oxygen atoms in total. The van der Waals surface area contributed by atoms with Gasteiger partial charge in [0.25, 0.3) is 0 Å². The standard InChI is InChI=1S/C7H16O3/c1-3-7(9)6(4-8)5-10-2/h6-9H,3-5H2,1-2H3. The number of ether oxygens (including phenoxy) is 1. The summed E-state index contributed by atoms with van der Waals surface area (Å²) in [4.78, 5) is 0. The number of hydrogen-bond donors (Lipinski definition) is 2. The molecule has 3 heteroatoms. The minimum absolute atomic E-state index is 0.0111. The summed E-state index contributed by atoms with van der Waals surface area (Å²) in [5.74, 6) is -0.130. The van der Waals surface area contributed by atoms with Crippen LogP contribution in [0.15, 0.2) is 0 Å². The molecule has 10 heavy (non-hydrogen) atoms. The smallest absolute Gasteiger partial charge is 0.0609 e. The van der Waals surface area contributed by atoms with E-state index in [9.17, 15) is 5.11 Å². The highest BCUT2D eigenvalue weighted by Gasteiger charge is 2.15. The third kappa shape index (κ3) is 3.15. The Labute approximate surface area is 61.6 Å². The van der Waals surface area contributed by atoms with Gasteiger partial charge in [0.05, 0.1) is 19.3 Å². The highest BCUT2D eigenvalue weighted by molar-refractivity contribution is 4.65. The maximum Gasteiger partial charge on any atom is 0.0609 e. The fourth-order valence-corrected chi connectivity index (χ4v) is 0.833. The van der Waals surface area contributed by atoms with Gasteiger partial charge in [-0.3, -0.25) is 0 Å². The molecule has 0 aromatic carbocycles. The third-order valence-corrected chi connectivity index (χ3v) is 1.58. The molecular weight excluding hydrogens is 132 g/mol. The molecule has 0 bridgehead atoms. The van der Waals surface area contributed by atoms with Crippen molar-refractivity contribution in [1.82, 2.24) is 0 Å². The van der Waals surface area contributed by atoms with E-state index in [2.05, 4.69) is 0 Å². The predicted molar refractivity (Wildman–Crippen MR) is 38.7 cm³/mol. The number of aliphatic hydroxyl groups excluding tert-OH is 2. The second-order valence-electron chi connectivity index (χ2n) is 2.37. The van der Waals surface area contributed by atoms with Gasteiger partial charge in [0, 0.05) is 13.0 Å². The molecule has 0 amide bonds. The van der Waals surface area contributed by atoms with Crippen molar-refractivity contribution >= 4 is 0 Å². The zero-order valence-corrected chi connectivity index (χ0v) is 6.58. The minimum atomic E-state index is -0.440. The molecule has 0 saturated heterocycles. The monoisotopic (exact) mass is 148 g/mol. The van der Waals surface area contributed by atoms with Crippen LogP contribution in [0.25, 0.3) is 0 Å². The molecule has 62 valence electrons. The lowest BCUT2D eigenvalue weighted by molar-refractivity contribution is 0.0153. The predicted octanol–water partition coefficient (Wildman–Crippen LogP) is 0.0122. The summed E-state index contributed by atoms with van der Waals surface area (Å²) in [6.45, 7) is 2.29. The molecule has 2 unspecified atom stereocenters. The van der Waals surface area contributed by atoms with Crippen molar-refractivity contribution < 1.29 is 14.9 Å². The van der Waals surface area contributed by atoms with E-state index in [1.807, 2.05) is 6.92 Å². The van der Waals surface area contributed by atoms with Crippen molar-refractivity contribution in [2.24, 2.45) is 5.92 Å². The Morgan fingerprint density at radius 2 is 2.10 bits per heavy atom. The van der Waals surface area contributed by atoms with Crippen LogP contribution in [0.5, 0.6) is 0 Å². The van der Waals surface area contributed by atoms with Crippen LogP contribution in [0.2, 0.25) is 0 Å². The van der Waals surface area contributed by atoms with Gasteiger partial charge >= 0.3 is 0 Å². The lowest BCUT2D eigenvalue weighted by atomic mass is 10.0. The third-order valence-electron chi connectivity index (χ3n) is 1.58. The van der Waals surface area contributed by atoms with Crippen LogP contribution in [0, 0.1) is 5.92 Å². The fourth-order valence-electron chi connectivity index (χ4n) is 0.833. The lowest BCUT2D eigenvalue weighted by Crippen LogP contribution is -2.27. The summed E-state index contributed by atoms with van der Waals surface area (Å²) in [6, 6.07) is 0. The van der Waals surface area contributed by atoms with E-state index in [0.29, 0.717) is 13.0 Å². The second-order valence-corrected chi connectivity index (χ2v) is 2.37. The summed E-state index contributed by atoms with van der Waals surface area (Å²) in [5.41, 5.74) is 0. The van der Waals surface area contributed by atoms with Crippen LogP contribution in [0.3, 0.4) is 0 Å². The molecule has 2 N–H and O–H groups in total. The number of methoxy groups -OCH3 is 1. The topological polar surface area (TPSA) is 49.7 Å². The molecule has 0 rings (SSSR count). The highest BCUT2D eigenvalue weighted by atomic mass is 16.5. The van der Waals surface area contributed by atoms with Crippen LogP contribution in [-0.4, -0.2) is 36.6 Å². The Morgan fingerprint density at radius 3 is 2.40 bits per heavy atom. The summed E-state index contributed by atoms with van der Waals surface area (Å²) >= 11 is 0. The maximum absolute atomic E-state index is 9.21. The Kier molecular flexibility index (Phi) is 5.58. The van der Waals surface area contributed by atoms with Crippen molar-refractivity contribution in [3.63, 3.8) is 0 Å². The molecule has 0 aromatic heterocycles. The molecule has 0 saturated carbocycles. The van der Waals surface area contributed by atoms with Gasteiger partial charge < -0.3 is 14.9 Å². The van der Waals surface area contributed by atoms with Crippen LogP contribution >= 0.6 is 0 Å². The van der Waals surface area contributed by atoms with E-state index < -0.39 is 6.10 Å². The molecule has 0 aliphatic rings. The molecule has 0 spiro atoms. The quantitative estimate of drug-likeness (QED) is 0.577. The first-order chi connectivity index (χ1) is 4.76. The van der Waals surface area contributed by atoms with Crippen LogP contribution < -0.4 is 0 Å². The Balaban J connectivity index is 3.56. The molecule has 2 atom stereocenters. The van der Waals surface area contributed by atoms with Crippen molar-refractivity contribution in [3.05, 3.63) is 0 Å². The van der Waals surface area contributed by atoms with Crippen molar-refractivity contribution in [2.75, 3.05) is 20.3 Å². The van der Waals surface area contributed by atoms with Crippen molar-refractivity contribution in [3.8, 4) is 0 Å². The first-order valence-electron chi connectivity index (χ1n) is 3.54. The van der Waals surface area contributed by atoms with Gasteiger partial charge in [0.1, 0.15) is 0 Å². The largest absolute Gasteiger partial charge is 0.396 e. The van der Waals surface area contributed by atoms with Gasteiger partial charge in [0.2, 0.25) is 0 Å². The molecule has 0 aliphatic carbocycles. The van der Waals surface area contributed by atoms with Gasteiger partial charge in [-0.1, -0.05) is 6.92 Å². The van der Waals surface area contributed by atoms with E-state index in [0.717, 1.165) is 0 Å². The summed E-state index contributed by atoms with van der Waals surface area (Å²) < 4.78 is 4.80. The summed E-state index contributed by atoms with van der Waals surface area (Å²) in [6.07, 6.45) is 0.221. The van der Waals surface area contributed by atoms with Crippen LogP contribution in [0.1, 0.15) is 13.3 Å². The van der Waals surface area contributed by atoms with Crippen LogP contribution in [-0.2, 0) is 4.74 Å². The molecule has 0 heterocycles. The van der Waals surface area contributed by atoms with Gasteiger partial charge in [-0.15, -0.1) is 0 Å². The zero-order valence-electron chi connectivity index (χ0n) is 6.58. The average Bonchev–Trinajstić information content (AvgIpc) is 1.99. The van der Waals surface area contributed by atoms with Crippen molar-refractivity contribution in [2.45, 2.75) is 19.4 Å². The van der Waals surface area contributed by atoms with Gasteiger partial charge in [-0.2, -0.15) is 0 Å². The van der Waals surface area contributed by atoms with E-state index in [-0.39, 0.29) is 12.5 Å². The first kappa shape index (κ1) is 9.88. The van der Waals surface area contributed by atoms with Gasteiger partial charge in [-0.05, 0) is 6.42 Å². The molecule has 0 aromatic rings. The summed E-state index contributed by atoms with van der Waals surface area (Å²) in [7, 11) is 1.56. The number of aliphatic hydroxyl groups is 2. The molecule has 0 aliphatic heterocycles. The lowest BCUT2D eigenvalue weighted by Gasteiger charge is -2.17. The van der Waals surface area contributed by atoms with E-state index in [1.165, 1.54) is 0 Å². The normalized spacial score (nSPS) is 16.8. The fraction of sp³-hybridized carbons (Fsp3) is 1.00. The van der Waals surface area contributed by atoms with E-state index in [1.54, 1.807) is 7.11 Å². The summed E-state index contributed by atoms with van der Waals surface area (Å²) in [5, 5.41) is 17.9. The highest BCUT2D eigenvalue weighted by Crippen LogP contribution is 2.06. The number of rotatable bonds is 5. The Hall–Kier alpha value is -0.120. The van der Waals surface area contributed by atoms with Gasteiger partial charge in [-0.25, -0.2) is 0 Å². The number of hydrogen-bond acceptors (Lipinski definition) is 3. The molecule has 0 fully saturated rings. The minimum Gasteiger partial charge on any atom is -0.396 e. The molecule has 0 radical (unpaired) electrons. The SMILES string of the molecule is CCC(O)C(CO)COC. The second kappa shape index (κ2) is 5.65.